The molecule has 11 rings (SSSR count). The molecule has 0 aromatic rings. The van der Waals surface area contributed by atoms with Crippen molar-refractivity contribution >= 4 is 144 Å². The number of nitrogens with two attached hydrogens (primary N) is 7. The number of hydrogen-bond acceptors (Lipinski definition) is 39. The summed E-state index contributed by atoms with van der Waals surface area (Å²) in [6.45, 7) is 4.83. The van der Waals surface area contributed by atoms with Crippen molar-refractivity contribution in [2.45, 2.75) is 192 Å². The van der Waals surface area contributed by atoms with E-state index in [-0.39, 0.29) is 191 Å². The number of ether oxygens (including phenoxy) is 1. The zero-order valence-corrected chi connectivity index (χ0v) is 77.8. The Labute approximate surface area is 763 Å². The molecule has 11 fully saturated rings. The maximum Gasteiger partial charge on any atom is 0.451 e. The number of fused-ring (bicyclic) bond motifs is 1. The van der Waals surface area contributed by atoms with E-state index < -0.39 is 157 Å². The third-order valence-corrected chi connectivity index (χ3v) is 33.9. The van der Waals surface area contributed by atoms with Gasteiger partial charge < -0.3 is 131 Å². The Morgan fingerprint density at radius 1 is 0.508 bits per heavy atom. The third kappa shape index (κ3) is 32.4. The normalized spacial score (nSPS) is 28.6. The molecule has 2 spiro atoms. The smallest absolute Gasteiger partial charge is 0.451 e. The van der Waals surface area contributed by atoms with Crippen molar-refractivity contribution in [1.29, 1.82) is 0 Å². The highest BCUT2D eigenvalue weighted by Gasteiger charge is 2.61. The van der Waals surface area contributed by atoms with E-state index in [0.29, 0.717) is 123 Å². The standard InChI is InChI=1S/2C14H27BN4O6S.C13H25BN4O6S.C11H27BN4O5S.C10H25BN4O5S.2CO2.2H2S/c16-14(12(20)21)10-18(7-11(14)3-1-5-15(22)23)26(24,25)19-6-2-4-13(19)8-17-9-13;16-14(12(20)21)10-18(7-11(14)3-1-5-15(22)23)26(24,25)19-8-13(9-19)4-2-6-17-13;15-13(12(19)20)8-17(7-9(13)2-1-4-14(21)22)25(23,24)18-5-3-10-11(18)6-16-10;1-21-8-10(13)5-15-22(19,20)16-6-9(11(14)7-16)3-2-4-12(17)18;12-9(7-16)4-14-21(19,20)15-5-8(10(13)6-15)2-1-3-11(17)18;2*2-1-3;;/h2*11,17,22-23H,1-10,16H2,(H,20,21);9-11,16,21-22H,1-8,15H2,(H,19,20);9-11,15,17-18H,2-8,13-14H2,1H3;8-10,14,16-18H,1-7,12-13H2;;;2*1H2/t2*11-,14-;9-,10?,11?,13-;9-,10-,11-;8-,9-,10-;;;;/m00000..../s1. The second-order valence-electron chi connectivity index (χ2n) is 34.2. The summed E-state index contributed by atoms with van der Waals surface area (Å²) in [5.74, 6) is -5.41. The van der Waals surface area contributed by atoms with Crippen LogP contribution in [0.5, 0.6) is 0 Å². The lowest BCUT2D eigenvalue weighted by atomic mass is 9.78. The molecular formula is C64H135B5N20O32S7. The van der Waals surface area contributed by atoms with Crippen molar-refractivity contribution in [3.8, 4) is 0 Å². The van der Waals surface area contributed by atoms with Crippen LogP contribution in [-0.4, -0.2) is 428 Å². The van der Waals surface area contributed by atoms with E-state index >= 15 is 0 Å². The van der Waals surface area contributed by atoms with Gasteiger partial charge in [-0.2, -0.15) is 123 Å². The minimum absolute atomic E-state index is 0. The Morgan fingerprint density at radius 3 is 1.20 bits per heavy atom. The molecule has 11 heterocycles. The fourth-order valence-electron chi connectivity index (χ4n) is 17.5. The first kappa shape index (κ1) is 119. The second kappa shape index (κ2) is 52.8. The molecule has 64 heteroatoms. The van der Waals surface area contributed by atoms with Gasteiger partial charge in [0, 0.05) is 185 Å². The molecule has 0 radical (unpaired) electrons. The van der Waals surface area contributed by atoms with Crippen LogP contribution in [0.25, 0.3) is 0 Å². The van der Waals surface area contributed by atoms with Crippen LogP contribution in [0, 0.1) is 29.6 Å². The maximum atomic E-state index is 13.2. The lowest BCUT2D eigenvalue weighted by molar-refractivity contribution is -0.193. The van der Waals surface area contributed by atoms with E-state index in [9.17, 15) is 71.8 Å². The highest BCUT2D eigenvalue weighted by molar-refractivity contribution is 7.88. The van der Waals surface area contributed by atoms with Gasteiger partial charge in [-0.3, -0.25) is 14.4 Å². The molecule has 11 saturated heterocycles. The zero-order valence-electron chi connectivity index (χ0n) is 71.7. The number of methoxy groups -OCH3 is 1. The van der Waals surface area contributed by atoms with E-state index in [0.717, 1.165) is 38.6 Å². The first-order valence-electron chi connectivity index (χ1n) is 41.7. The van der Waals surface area contributed by atoms with Gasteiger partial charge >= 0.3 is 65.8 Å². The minimum Gasteiger partial charge on any atom is -0.480 e. The maximum absolute atomic E-state index is 13.2. The topological polar surface area (TPSA) is 851 Å². The highest BCUT2D eigenvalue weighted by atomic mass is 32.2. The fourth-order valence-corrected chi connectivity index (χ4v) is 26.2. The zero-order chi connectivity index (χ0) is 94.9. The Balaban J connectivity index is 0.000000405. The number of carbonyl (C=O) groups is 3. The first-order valence-corrected chi connectivity index (χ1v) is 48.8. The summed E-state index contributed by atoms with van der Waals surface area (Å²) in [6.07, 6.45) is 10.1. The Kier molecular flexibility index (Phi) is 49.0. The number of carboxylic acid groups (broad SMARTS) is 3. The average molecular weight is 1980 g/mol. The summed E-state index contributed by atoms with van der Waals surface area (Å²) in [7, 11) is -24.2. The first-order chi connectivity index (χ1) is 58.7. The number of nitrogens with one attached hydrogen (secondary N) is 5. The summed E-state index contributed by atoms with van der Waals surface area (Å²) in [5, 5.41) is 136. The predicted octanol–water partition coefficient (Wildman–Crippen LogP) is -14.5. The molecule has 0 aliphatic carbocycles. The van der Waals surface area contributed by atoms with E-state index in [1.165, 1.54) is 41.6 Å². The number of carboxylic acids is 3. The molecule has 33 N–H and O–H groups in total. The van der Waals surface area contributed by atoms with Crippen molar-refractivity contribution in [1.82, 2.24) is 59.8 Å². The number of aliphatic hydroxyl groups is 1. The monoisotopic (exact) mass is 1970 g/mol. The van der Waals surface area contributed by atoms with Crippen LogP contribution < -0.4 is 65.5 Å². The lowest BCUT2D eigenvalue weighted by Gasteiger charge is -2.48. The van der Waals surface area contributed by atoms with Gasteiger partial charge in [-0.05, 0) is 114 Å². The van der Waals surface area contributed by atoms with E-state index in [1.54, 1.807) is 0 Å². The van der Waals surface area contributed by atoms with Crippen LogP contribution in [0.2, 0.25) is 31.6 Å². The van der Waals surface area contributed by atoms with Gasteiger partial charge in [-0.15, -0.1) is 0 Å². The predicted molar refractivity (Wildman–Crippen MR) is 472 cm³/mol. The van der Waals surface area contributed by atoms with Crippen molar-refractivity contribution < 1.29 is 151 Å². The molecule has 128 heavy (non-hydrogen) atoms. The van der Waals surface area contributed by atoms with Gasteiger partial charge in [-0.25, -0.2) is 9.44 Å². The van der Waals surface area contributed by atoms with Crippen LogP contribution in [-0.2, 0) is 89.3 Å². The summed E-state index contributed by atoms with van der Waals surface area (Å²) in [4.78, 5) is 67.6. The van der Waals surface area contributed by atoms with E-state index in [2.05, 4.69) is 25.4 Å². The highest BCUT2D eigenvalue weighted by Crippen LogP contribution is 2.42. The SMILES string of the molecule is COC[C@@H](N)CNS(=O)(=O)N1C[C@H](CCCB(O)O)[C@@H](N)C1.N[C@@]1(C(=O)O)CN(S(=O)(=O)N2CC3(CCCN3)C2)C[C@@H]1CCCB(O)O.N[C@@]1(C(=O)O)CN(S(=O)(=O)N2CCC3NCC32)C[C@@H]1CCCB(O)O.N[C@@]1(C(=O)O)CN(S(=O)(=O)N2CCCC23CNC3)C[C@@H]1CCCB(O)O.N[C@H](CO)CNS(=O)(=O)N1C[C@H](CCCB(O)O)[C@@H](N)C1.O=C=O.O=C=O.S.S. The quantitative estimate of drug-likeness (QED) is 0.0253. The van der Waals surface area contributed by atoms with Gasteiger partial charge in [0.1, 0.15) is 16.6 Å². The molecule has 0 aromatic heterocycles. The third-order valence-electron chi connectivity index (χ3n) is 25.0. The van der Waals surface area contributed by atoms with Gasteiger partial charge in [0.05, 0.1) is 24.8 Å². The number of aliphatic carboxylic acids is 3. The molecule has 2 unspecified atom stereocenters. The molecular weight excluding hydrogens is 1840 g/mol. The molecule has 14 atom stereocenters. The number of rotatable bonds is 40. The number of hydrogen-bond donors (Lipinski definition) is 26. The van der Waals surface area contributed by atoms with Gasteiger partial charge in [0.2, 0.25) is 0 Å². The number of aliphatic hydroxyl groups excluding tert-OH is 1. The van der Waals surface area contributed by atoms with Crippen LogP contribution in [0.3, 0.4) is 0 Å². The summed E-state index contributed by atoms with van der Waals surface area (Å²) in [5.41, 5.74) is 35.8. The second-order valence-corrected chi connectivity index (χ2v) is 43.3. The summed E-state index contributed by atoms with van der Waals surface area (Å²) in [6, 6.07) is -1.45. The van der Waals surface area contributed by atoms with Crippen molar-refractivity contribution in [3.05, 3.63) is 0 Å². The van der Waals surface area contributed by atoms with Crippen LogP contribution in [0.15, 0.2) is 0 Å². The molecule has 0 saturated carbocycles. The Morgan fingerprint density at radius 2 is 0.883 bits per heavy atom. The molecule has 0 aromatic carbocycles. The summed E-state index contributed by atoms with van der Waals surface area (Å²) >= 11 is 0. The van der Waals surface area contributed by atoms with Gasteiger partial charge in [0.25, 0.3) is 51.0 Å². The van der Waals surface area contributed by atoms with Crippen molar-refractivity contribution in [2.24, 2.45) is 69.7 Å². The molecule has 11 aliphatic rings. The molecule has 0 bridgehead atoms. The minimum atomic E-state index is -3.80. The largest absolute Gasteiger partial charge is 0.480 e. The van der Waals surface area contributed by atoms with Crippen LogP contribution in [0.1, 0.15) is 96.3 Å². The molecule has 0 amide bonds. The molecule has 740 valence electrons. The number of nitrogens with zero attached hydrogens (tertiary/aromatic N) is 8. The van der Waals surface area contributed by atoms with E-state index in [4.69, 9.17) is 119 Å². The van der Waals surface area contributed by atoms with E-state index in [1.807, 2.05) is 0 Å². The Hall–Kier alpha value is -3.34. The van der Waals surface area contributed by atoms with Gasteiger partial charge in [0.15, 0.2) is 0 Å². The fraction of sp³-hybridized carbons (Fsp3) is 0.922. The molecule has 52 nitrogen and oxygen atoms in total. The average Bonchev–Trinajstić information content (AvgIpc) is 1.58. The van der Waals surface area contributed by atoms with Crippen molar-refractivity contribution in [2.75, 3.05) is 151 Å². The van der Waals surface area contributed by atoms with Crippen LogP contribution in [0.4, 0.5) is 0 Å². The van der Waals surface area contributed by atoms with Gasteiger partial charge in [-0.1, -0.05) is 32.1 Å². The Bertz CT molecular complexity index is 4110. The van der Waals surface area contributed by atoms with Crippen molar-refractivity contribution in [3.63, 3.8) is 0 Å². The van der Waals surface area contributed by atoms with Crippen LogP contribution >= 0.6 is 27.0 Å². The lowest BCUT2D eigenvalue weighted by Crippen LogP contribution is -2.69. The molecule has 11 aliphatic heterocycles. The number of carbonyl (C=O) groups excluding carboxylic acids is 4. The summed E-state index contributed by atoms with van der Waals surface area (Å²) < 4.78 is 147.